The summed E-state index contributed by atoms with van der Waals surface area (Å²) in [6.07, 6.45) is -1.21. The molecule has 0 bridgehead atoms. The average molecular weight is 382 g/mol. The molecule has 0 aliphatic rings. The van der Waals surface area contributed by atoms with E-state index in [0.717, 1.165) is 0 Å². The fourth-order valence-corrected chi connectivity index (χ4v) is 1.96. The molecule has 1 aromatic rings. The van der Waals surface area contributed by atoms with E-state index in [0.29, 0.717) is 12.0 Å². The molecule has 8 heteroatoms. The largest absolute Gasteiger partial charge is 0.453 e. The fourth-order valence-electron chi connectivity index (χ4n) is 1.96. The first-order valence-electron chi connectivity index (χ1n) is 8.71. The number of nitrogens with one attached hydrogen (secondary N) is 2. The molecule has 150 valence electrons. The quantitative estimate of drug-likeness (QED) is 0.557. The second-order valence-electron chi connectivity index (χ2n) is 7.12. The summed E-state index contributed by atoms with van der Waals surface area (Å²) in [6.45, 7) is 8.54. The van der Waals surface area contributed by atoms with Gasteiger partial charge in [-0.3, -0.25) is 9.59 Å². The minimum atomic E-state index is -1.03. The van der Waals surface area contributed by atoms with E-state index in [1.165, 1.54) is 13.0 Å². The second-order valence-corrected chi connectivity index (χ2v) is 7.12. The highest BCUT2D eigenvalue weighted by molar-refractivity contribution is 5.95. The molecule has 1 atom stereocenters. The van der Waals surface area contributed by atoms with Crippen molar-refractivity contribution in [2.24, 2.45) is 0 Å². The Morgan fingerprint density at radius 1 is 1.22 bits per heavy atom. The number of ether oxygens (including phenoxy) is 2. The van der Waals surface area contributed by atoms with Crippen LogP contribution < -0.4 is 10.6 Å². The van der Waals surface area contributed by atoms with Gasteiger partial charge in [0.05, 0.1) is 0 Å². The summed E-state index contributed by atoms with van der Waals surface area (Å²) in [5.74, 6) is -1.56. The van der Waals surface area contributed by atoms with E-state index in [1.807, 2.05) is 0 Å². The molecule has 1 aromatic carbocycles. The van der Waals surface area contributed by atoms with Gasteiger partial charge in [0.2, 0.25) is 0 Å². The number of benzene rings is 1. The zero-order chi connectivity index (χ0) is 20.6. The van der Waals surface area contributed by atoms with Gasteiger partial charge in [-0.2, -0.15) is 0 Å². The first-order valence-corrected chi connectivity index (χ1v) is 8.71. The summed E-state index contributed by atoms with van der Waals surface area (Å²) in [5.41, 5.74) is 0.159. The number of hydrogen-bond donors (Lipinski definition) is 2. The van der Waals surface area contributed by atoms with E-state index in [1.54, 1.807) is 39.8 Å². The van der Waals surface area contributed by atoms with Gasteiger partial charge < -0.3 is 20.1 Å². The Kier molecular flexibility index (Phi) is 8.21. The summed E-state index contributed by atoms with van der Waals surface area (Å²) in [4.78, 5) is 35.2. The van der Waals surface area contributed by atoms with Gasteiger partial charge in [0.15, 0.2) is 6.10 Å². The highest BCUT2D eigenvalue weighted by Crippen LogP contribution is 2.14. The van der Waals surface area contributed by atoms with Crippen molar-refractivity contribution in [2.45, 2.75) is 59.2 Å². The molecule has 27 heavy (non-hydrogen) atoms. The van der Waals surface area contributed by atoms with Crippen molar-refractivity contribution in [3.05, 3.63) is 29.6 Å². The molecular weight excluding hydrogens is 355 g/mol. The molecule has 0 aromatic heterocycles. The Bertz CT molecular complexity index is 685. The fraction of sp³-hybridized carbons (Fsp3) is 0.526. The standard InChI is InChI=1S/C19H27FN2O5/c1-12-8-9-14(11-15(12)20)22-17(24)13(2)26-16(23)7-6-10-21-18(25)27-19(3,4)5/h8-9,11,13H,6-7,10H2,1-5H3,(H,21,25)(H,22,24)/t13-/m1/s1. The van der Waals surface area contributed by atoms with Gasteiger partial charge in [0.25, 0.3) is 5.91 Å². The van der Waals surface area contributed by atoms with Crippen molar-refractivity contribution in [2.75, 3.05) is 11.9 Å². The van der Waals surface area contributed by atoms with Crippen molar-refractivity contribution in [1.82, 2.24) is 5.32 Å². The highest BCUT2D eigenvalue weighted by atomic mass is 19.1. The van der Waals surface area contributed by atoms with E-state index in [4.69, 9.17) is 9.47 Å². The molecule has 0 saturated carbocycles. The lowest BCUT2D eigenvalue weighted by atomic mass is 10.2. The van der Waals surface area contributed by atoms with E-state index < -0.39 is 35.5 Å². The van der Waals surface area contributed by atoms with Crippen LogP contribution in [0.15, 0.2) is 18.2 Å². The molecule has 0 aliphatic carbocycles. The van der Waals surface area contributed by atoms with Crippen molar-refractivity contribution < 1.29 is 28.2 Å². The Morgan fingerprint density at radius 2 is 1.89 bits per heavy atom. The molecule has 0 heterocycles. The van der Waals surface area contributed by atoms with Crippen LogP contribution in [-0.4, -0.2) is 36.2 Å². The molecule has 1 rings (SSSR count). The Balaban J connectivity index is 2.31. The van der Waals surface area contributed by atoms with Gasteiger partial charge in [-0.1, -0.05) is 6.07 Å². The Labute approximate surface area is 158 Å². The number of aryl methyl sites for hydroxylation is 1. The van der Waals surface area contributed by atoms with Crippen LogP contribution in [0.5, 0.6) is 0 Å². The molecule has 0 unspecified atom stereocenters. The molecule has 0 spiro atoms. The Morgan fingerprint density at radius 3 is 2.48 bits per heavy atom. The van der Waals surface area contributed by atoms with Crippen LogP contribution in [0.1, 0.15) is 46.1 Å². The molecule has 2 N–H and O–H groups in total. The van der Waals surface area contributed by atoms with Crippen molar-refractivity contribution in [3.63, 3.8) is 0 Å². The maximum absolute atomic E-state index is 13.5. The maximum Gasteiger partial charge on any atom is 0.407 e. The van der Waals surface area contributed by atoms with Crippen molar-refractivity contribution in [1.29, 1.82) is 0 Å². The smallest absolute Gasteiger partial charge is 0.407 e. The number of anilines is 1. The number of amides is 2. The van der Waals surface area contributed by atoms with Gasteiger partial charge in [0, 0.05) is 18.7 Å². The van der Waals surface area contributed by atoms with Crippen LogP contribution in [0.4, 0.5) is 14.9 Å². The number of carbonyl (C=O) groups excluding carboxylic acids is 3. The van der Waals surface area contributed by atoms with E-state index >= 15 is 0 Å². The summed E-state index contributed by atoms with van der Waals surface area (Å²) in [5, 5.41) is 5.02. The van der Waals surface area contributed by atoms with Crippen LogP contribution >= 0.6 is 0 Å². The molecule has 0 aliphatic heterocycles. The number of halogens is 1. The van der Waals surface area contributed by atoms with E-state index in [9.17, 15) is 18.8 Å². The van der Waals surface area contributed by atoms with Crippen LogP contribution in [0.2, 0.25) is 0 Å². The minimum Gasteiger partial charge on any atom is -0.453 e. The number of esters is 1. The monoisotopic (exact) mass is 382 g/mol. The molecular formula is C19H27FN2O5. The zero-order valence-corrected chi connectivity index (χ0v) is 16.3. The van der Waals surface area contributed by atoms with Gasteiger partial charge >= 0.3 is 12.1 Å². The first-order chi connectivity index (χ1) is 12.5. The SMILES string of the molecule is Cc1ccc(NC(=O)[C@@H](C)OC(=O)CCCNC(=O)OC(C)(C)C)cc1F. The van der Waals surface area contributed by atoms with Gasteiger partial charge in [-0.25, -0.2) is 9.18 Å². The van der Waals surface area contributed by atoms with Crippen LogP contribution in [0, 0.1) is 12.7 Å². The summed E-state index contributed by atoms with van der Waals surface area (Å²) < 4.78 is 23.6. The minimum absolute atomic E-state index is 0.0343. The molecule has 0 fully saturated rings. The third kappa shape index (κ3) is 9.03. The van der Waals surface area contributed by atoms with Gasteiger partial charge in [0.1, 0.15) is 11.4 Å². The number of hydrogen-bond acceptors (Lipinski definition) is 5. The predicted octanol–water partition coefficient (Wildman–Crippen LogP) is 3.31. The molecule has 0 saturated heterocycles. The molecule has 0 radical (unpaired) electrons. The summed E-state index contributed by atoms with van der Waals surface area (Å²) >= 11 is 0. The summed E-state index contributed by atoms with van der Waals surface area (Å²) in [6, 6.07) is 4.30. The van der Waals surface area contributed by atoms with Crippen molar-refractivity contribution in [3.8, 4) is 0 Å². The third-order valence-electron chi connectivity index (χ3n) is 3.34. The van der Waals surface area contributed by atoms with E-state index in [2.05, 4.69) is 10.6 Å². The van der Waals surface area contributed by atoms with Crippen LogP contribution in [-0.2, 0) is 19.1 Å². The number of alkyl carbamates (subject to hydrolysis) is 1. The first kappa shape index (κ1) is 22.4. The molecule has 2 amide bonds. The van der Waals surface area contributed by atoms with Gasteiger partial charge in [-0.05, 0) is 58.7 Å². The average Bonchev–Trinajstić information content (AvgIpc) is 2.53. The summed E-state index contributed by atoms with van der Waals surface area (Å²) in [7, 11) is 0. The lowest BCUT2D eigenvalue weighted by molar-refractivity contribution is -0.153. The zero-order valence-electron chi connectivity index (χ0n) is 16.3. The lowest BCUT2D eigenvalue weighted by Gasteiger charge is -2.19. The normalized spacial score (nSPS) is 12.1. The van der Waals surface area contributed by atoms with Crippen molar-refractivity contribution >= 4 is 23.7 Å². The number of carbonyl (C=O) groups is 3. The van der Waals surface area contributed by atoms with E-state index in [-0.39, 0.29) is 18.7 Å². The van der Waals surface area contributed by atoms with Gasteiger partial charge in [-0.15, -0.1) is 0 Å². The molecule has 7 nitrogen and oxygen atoms in total. The number of rotatable bonds is 7. The van der Waals surface area contributed by atoms with Crippen LogP contribution in [0.25, 0.3) is 0 Å². The predicted molar refractivity (Wildman–Crippen MR) is 98.8 cm³/mol. The highest BCUT2D eigenvalue weighted by Gasteiger charge is 2.19. The Hall–Kier alpha value is -2.64. The topological polar surface area (TPSA) is 93.7 Å². The van der Waals surface area contributed by atoms with Crippen LogP contribution in [0.3, 0.4) is 0 Å². The maximum atomic E-state index is 13.5. The second kappa shape index (κ2) is 9.89. The third-order valence-corrected chi connectivity index (χ3v) is 3.34. The lowest BCUT2D eigenvalue weighted by Crippen LogP contribution is -2.33.